The molecule has 20 heavy (non-hydrogen) atoms. The highest BCUT2D eigenvalue weighted by atomic mass is 16.5. The number of aliphatic carboxylic acids is 1. The fourth-order valence-corrected chi connectivity index (χ4v) is 1.92. The number of carbonyl (C=O) groups excluding carboxylic acids is 1. The van der Waals surface area contributed by atoms with E-state index >= 15 is 0 Å². The molecule has 0 bridgehead atoms. The van der Waals surface area contributed by atoms with E-state index in [0.717, 1.165) is 0 Å². The molecule has 2 amide bonds. The van der Waals surface area contributed by atoms with E-state index in [1.54, 1.807) is 14.2 Å². The van der Waals surface area contributed by atoms with Crippen molar-refractivity contribution in [3.05, 3.63) is 0 Å². The van der Waals surface area contributed by atoms with Crippen LogP contribution in [-0.2, 0) is 19.0 Å². The van der Waals surface area contributed by atoms with Gasteiger partial charge in [0.2, 0.25) is 0 Å². The van der Waals surface area contributed by atoms with Gasteiger partial charge in [0.25, 0.3) is 0 Å². The summed E-state index contributed by atoms with van der Waals surface area (Å²) in [5.74, 6) is -1.06. The minimum absolute atomic E-state index is 0.0173. The second kappa shape index (κ2) is 8.72. The number of methoxy groups -OCH3 is 2. The number of carboxylic acid groups (broad SMARTS) is 1. The van der Waals surface area contributed by atoms with Crippen molar-refractivity contribution in [3.8, 4) is 0 Å². The normalized spacial score (nSPS) is 18.9. The first-order chi connectivity index (χ1) is 9.61. The maximum Gasteiger partial charge on any atom is 0.328 e. The predicted octanol–water partition coefficient (Wildman–Crippen LogP) is -0.513. The van der Waals surface area contributed by atoms with E-state index in [2.05, 4.69) is 0 Å². The molecule has 1 aliphatic heterocycles. The van der Waals surface area contributed by atoms with Gasteiger partial charge in [-0.3, -0.25) is 0 Å². The van der Waals surface area contributed by atoms with Gasteiger partial charge >= 0.3 is 12.0 Å². The van der Waals surface area contributed by atoms with Gasteiger partial charge in [0, 0.05) is 33.9 Å². The van der Waals surface area contributed by atoms with Gasteiger partial charge in [-0.25, -0.2) is 9.59 Å². The lowest BCUT2D eigenvalue weighted by Crippen LogP contribution is -2.57. The van der Waals surface area contributed by atoms with Crippen LogP contribution in [0, 0.1) is 0 Å². The van der Waals surface area contributed by atoms with Gasteiger partial charge in [0.15, 0.2) is 6.04 Å². The predicted molar refractivity (Wildman–Crippen MR) is 69.7 cm³/mol. The third-order valence-corrected chi connectivity index (χ3v) is 3.06. The fraction of sp³-hybridized carbons (Fsp3) is 0.833. The minimum atomic E-state index is -1.06. The molecule has 1 atom stereocenters. The molecule has 0 aliphatic carbocycles. The van der Waals surface area contributed by atoms with Crippen molar-refractivity contribution in [2.75, 3.05) is 60.3 Å². The molecule has 0 saturated carbocycles. The second-order valence-electron chi connectivity index (χ2n) is 4.38. The van der Waals surface area contributed by atoms with Crippen LogP contribution in [0.25, 0.3) is 0 Å². The maximum atomic E-state index is 12.4. The van der Waals surface area contributed by atoms with E-state index in [0.29, 0.717) is 32.9 Å². The van der Waals surface area contributed by atoms with Crippen molar-refractivity contribution < 1.29 is 28.9 Å². The number of morpholine rings is 1. The lowest BCUT2D eigenvalue weighted by Gasteiger charge is -2.36. The standard InChI is InChI=1S/C12H22N2O6/c1-18-6-3-13(4-7-19-2)12(17)14-5-8-20-9-10(14)11(15)16/h10H,3-9H2,1-2H3,(H,15,16). The first-order valence-electron chi connectivity index (χ1n) is 6.45. The third-order valence-electron chi connectivity index (χ3n) is 3.06. The number of rotatable bonds is 7. The highest BCUT2D eigenvalue weighted by Gasteiger charge is 2.34. The zero-order valence-electron chi connectivity index (χ0n) is 11.9. The van der Waals surface area contributed by atoms with Gasteiger partial charge < -0.3 is 29.1 Å². The van der Waals surface area contributed by atoms with Crippen LogP contribution in [0.4, 0.5) is 4.79 Å². The lowest BCUT2D eigenvalue weighted by molar-refractivity contribution is -0.147. The monoisotopic (exact) mass is 290 g/mol. The van der Waals surface area contributed by atoms with Crippen molar-refractivity contribution in [3.63, 3.8) is 0 Å². The van der Waals surface area contributed by atoms with E-state index in [9.17, 15) is 9.59 Å². The average Bonchev–Trinajstić information content (AvgIpc) is 2.46. The van der Waals surface area contributed by atoms with Crippen LogP contribution in [0.15, 0.2) is 0 Å². The Labute approximate surface area is 118 Å². The summed E-state index contributed by atoms with van der Waals surface area (Å²) in [7, 11) is 3.10. The van der Waals surface area contributed by atoms with Crippen molar-refractivity contribution in [1.29, 1.82) is 0 Å². The van der Waals surface area contributed by atoms with Crippen LogP contribution in [0.2, 0.25) is 0 Å². The number of nitrogens with zero attached hydrogens (tertiary/aromatic N) is 2. The Hall–Kier alpha value is -1.38. The molecule has 8 heteroatoms. The van der Waals surface area contributed by atoms with Gasteiger partial charge in [0.1, 0.15) is 0 Å². The number of hydrogen-bond acceptors (Lipinski definition) is 5. The van der Waals surface area contributed by atoms with Crippen LogP contribution in [-0.4, -0.2) is 93.2 Å². The molecule has 1 fully saturated rings. The summed E-state index contributed by atoms with van der Waals surface area (Å²) in [6, 6.07) is -1.27. The average molecular weight is 290 g/mol. The Balaban J connectivity index is 2.71. The molecule has 1 rings (SSSR count). The molecule has 8 nitrogen and oxygen atoms in total. The SMILES string of the molecule is COCCN(CCOC)C(=O)N1CCOCC1C(=O)O. The van der Waals surface area contributed by atoms with E-state index < -0.39 is 12.0 Å². The molecule has 0 aromatic carbocycles. The van der Waals surface area contributed by atoms with Crippen LogP contribution in [0.3, 0.4) is 0 Å². The molecular weight excluding hydrogens is 268 g/mol. The van der Waals surface area contributed by atoms with Gasteiger partial charge in [-0.15, -0.1) is 0 Å². The Morgan fingerprint density at radius 3 is 2.40 bits per heavy atom. The molecule has 1 saturated heterocycles. The van der Waals surface area contributed by atoms with Crippen molar-refractivity contribution in [1.82, 2.24) is 9.80 Å². The summed E-state index contributed by atoms with van der Waals surface area (Å²) in [5, 5.41) is 9.15. The molecule has 0 spiro atoms. The number of carboxylic acids is 1. The second-order valence-corrected chi connectivity index (χ2v) is 4.38. The van der Waals surface area contributed by atoms with E-state index in [4.69, 9.17) is 19.3 Å². The highest BCUT2D eigenvalue weighted by Crippen LogP contribution is 2.11. The fourth-order valence-electron chi connectivity index (χ4n) is 1.92. The number of carbonyl (C=O) groups is 2. The molecule has 0 aromatic rings. The molecule has 1 unspecified atom stereocenters. The lowest BCUT2D eigenvalue weighted by atomic mass is 10.2. The minimum Gasteiger partial charge on any atom is -0.480 e. The number of ether oxygens (including phenoxy) is 3. The number of hydrogen-bond donors (Lipinski definition) is 1. The molecule has 1 N–H and O–H groups in total. The zero-order chi connectivity index (χ0) is 15.0. The quantitative estimate of drug-likeness (QED) is 0.679. The summed E-state index contributed by atoms with van der Waals surface area (Å²) < 4.78 is 15.1. The first kappa shape index (κ1) is 16.7. The molecular formula is C12H22N2O6. The van der Waals surface area contributed by atoms with Crippen LogP contribution < -0.4 is 0 Å². The van der Waals surface area contributed by atoms with E-state index in [-0.39, 0.29) is 19.2 Å². The van der Waals surface area contributed by atoms with Crippen LogP contribution in [0.5, 0.6) is 0 Å². The Bertz CT molecular complexity index is 317. The topological polar surface area (TPSA) is 88.5 Å². The highest BCUT2D eigenvalue weighted by molar-refractivity contribution is 5.83. The number of amides is 2. The van der Waals surface area contributed by atoms with Crippen LogP contribution >= 0.6 is 0 Å². The van der Waals surface area contributed by atoms with Crippen LogP contribution in [0.1, 0.15) is 0 Å². The molecule has 0 aromatic heterocycles. The molecule has 1 heterocycles. The Kier molecular flexibility index (Phi) is 7.27. The summed E-state index contributed by atoms with van der Waals surface area (Å²) >= 11 is 0. The Morgan fingerprint density at radius 2 is 1.90 bits per heavy atom. The molecule has 116 valence electrons. The van der Waals surface area contributed by atoms with E-state index in [1.165, 1.54) is 9.80 Å². The number of urea groups is 1. The van der Waals surface area contributed by atoms with E-state index in [1.807, 2.05) is 0 Å². The smallest absolute Gasteiger partial charge is 0.328 e. The maximum absolute atomic E-state index is 12.4. The molecule has 0 radical (unpaired) electrons. The van der Waals surface area contributed by atoms with Gasteiger partial charge in [-0.2, -0.15) is 0 Å². The van der Waals surface area contributed by atoms with Gasteiger partial charge in [-0.1, -0.05) is 0 Å². The third kappa shape index (κ3) is 4.62. The van der Waals surface area contributed by atoms with Gasteiger partial charge in [0.05, 0.1) is 26.4 Å². The summed E-state index contributed by atoms with van der Waals surface area (Å²) in [4.78, 5) is 26.5. The summed E-state index contributed by atoms with van der Waals surface area (Å²) in [5.41, 5.74) is 0. The molecule has 1 aliphatic rings. The largest absolute Gasteiger partial charge is 0.480 e. The van der Waals surface area contributed by atoms with Crippen molar-refractivity contribution in [2.45, 2.75) is 6.04 Å². The first-order valence-corrected chi connectivity index (χ1v) is 6.45. The Morgan fingerprint density at radius 1 is 1.30 bits per heavy atom. The van der Waals surface area contributed by atoms with Gasteiger partial charge in [-0.05, 0) is 0 Å². The summed E-state index contributed by atoms with van der Waals surface area (Å²) in [6.07, 6.45) is 0. The zero-order valence-corrected chi connectivity index (χ0v) is 11.9. The van der Waals surface area contributed by atoms with Crippen molar-refractivity contribution in [2.24, 2.45) is 0 Å². The summed E-state index contributed by atoms with van der Waals surface area (Å²) in [6.45, 7) is 2.19. The van der Waals surface area contributed by atoms with Crippen molar-refractivity contribution >= 4 is 12.0 Å².